The summed E-state index contributed by atoms with van der Waals surface area (Å²) in [6, 6.07) is 6.94. The number of esters is 1. The number of nitrogen functional groups attached to an aromatic ring is 1. The van der Waals surface area contributed by atoms with Gasteiger partial charge < -0.3 is 10.5 Å². The molecule has 0 spiro atoms. The van der Waals surface area contributed by atoms with Crippen LogP contribution in [0, 0.1) is 0 Å². The highest BCUT2D eigenvalue weighted by molar-refractivity contribution is 6.05. The number of pyridine rings is 1. The van der Waals surface area contributed by atoms with Crippen LogP contribution in [-0.4, -0.2) is 17.6 Å². The molecule has 0 fully saturated rings. The average molecular weight is 228 g/mol. The lowest BCUT2D eigenvalue weighted by molar-refractivity contribution is 0.0552. The van der Waals surface area contributed by atoms with Gasteiger partial charge in [0.25, 0.3) is 0 Å². The number of para-hydroxylation sites is 1. The molecule has 4 nitrogen and oxygen atoms in total. The topological polar surface area (TPSA) is 65.2 Å². The van der Waals surface area contributed by atoms with Gasteiger partial charge in [-0.1, -0.05) is 24.8 Å². The first-order valence-corrected chi connectivity index (χ1v) is 5.15. The Hall–Kier alpha value is -2.36. The van der Waals surface area contributed by atoms with E-state index >= 15 is 0 Å². The number of carbonyl (C=O) groups is 1. The van der Waals surface area contributed by atoms with Crippen molar-refractivity contribution in [2.75, 3.05) is 12.3 Å². The second-order valence-electron chi connectivity index (χ2n) is 3.49. The Labute approximate surface area is 98.7 Å². The number of benzene rings is 1. The molecule has 0 unspecified atom stereocenters. The summed E-state index contributed by atoms with van der Waals surface area (Å²) in [7, 11) is 0. The fourth-order valence-electron chi connectivity index (χ4n) is 1.59. The zero-order chi connectivity index (χ0) is 12.3. The van der Waals surface area contributed by atoms with Crippen molar-refractivity contribution in [2.24, 2.45) is 0 Å². The quantitative estimate of drug-likeness (QED) is 0.496. The van der Waals surface area contributed by atoms with Gasteiger partial charge >= 0.3 is 5.97 Å². The fourth-order valence-corrected chi connectivity index (χ4v) is 1.59. The Morgan fingerprint density at radius 1 is 1.47 bits per heavy atom. The van der Waals surface area contributed by atoms with Crippen molar-refractivity contribution >= 4 is 22.6 Å². The lowest BCUT2D eigenvalue weighted by atomic mass is 10.1. The molecule has 0 radical (unpaired) electrons. The lowest BCUT2D eigenvalue weighted by Gasteiger charge is -2.06. The third-order valence-electron chi connectivity index (χ3n) is 2.35. The van der Waals surface area contributed by atoms with Gasteiger partial charge in [-0.25, -0.2) is 4.79 Å². The van der Waals surface area contributed by atoms with E-state index in [0.29, 0.717) is 22.2 Å². The molecule has 0 aliphatic rings. The number of carbonyl (C=O) groups excluding carboxylic acids is 1. The van der Waals surface area contributed by atoms with Crippen molar-refractivity contribution < 1.29 is 9.53 Å². The number of anilines is 1. The maximum atomic E-state index is 11.8. The Morgan fingerprint density at radius 3 is 3.06 bits per heavy atom. The summed E-state index contributed by atoms with van der Waals surface area (Å²) < 4.78 is 5.00. The van der Waals surface area contributed by atoms with Crippen molar-refractivity contribution in [3.63, 3.8) is 0 Å². The monoisotopic (exact) mass is 228 g/mol. The summed E-state index contributed by atoms with van der Waals surface area (Å²) in [6.07, 6.45) is 3.07. The molecule has 1 aromatic carbocycles. The molecule has 17 heavy (non-hydrogen) atoms. The first kappa shape index (κ1) is 11.1. The number of nitrogens with zero attached hydrogens (tertiary/aromatic N) is 1. The Balaban J connectivity index is 2.51. The number of hydrogen-bond acceptors (Lipinski definition) is 4. The molecule has 0 saturated heterocycles. The lowest BCUT2D eigenvalue weighted by Crippen LogP contribution is -2.06. The van der Waals surface area contributed by atoms with Gasteiger partial charge in [-0.2, -0.15) is 0 Å². The summed E-state index contributed by atoms with van der Waals surface area (Å²) in [5, 5.41) is 0.696. The minimum absolute atomic E-state index is 0.185. The van der Waals surface area contributed by atoms with Crippen molar-refractivity contribution in [1.29, 1.82) is 0 Å². The van der Waals surface area contributed by atoms with E-state index in [-0.39, 0.29) is 6.61 Å². The minimum atomic E-state index is -0.400. The first-order chi connectivity index (χ1) is 8.24. The fraction of sp³-hybridized carbons (Fsp3) is 0.0769. The zero-order valence-corrected chi connectivity index (χ0v) is 9.22. The molecule has 4 heteroatoms. The number of nitrogens with two attached hydrogens (primary N) is 1. The maximum Gasteiger partial charge on any atom is 0.339 e. The molecule has 0 saturated carbocycles. The largest absolute Gasteiger partial charge is 0.458 e. The molecule has 2 aromatic rings. The molecule has 0 atom stereocenters. The number of fused-ring (bicyclic) bond motifs is 1. The number of ether oxygens (including phenoxy) is 1. The molecule has 86 valence electrons. The Kier molecular flexibility index (Phi) is 3.05. The van der Waals surface area contributed by atoms with E-state index < -0.39 is 5.97 Å². The molecule has 2 rings (SSSR count). The van der Waals surface area contributed by atoms with Crippen LogP contribution in [0.25, 0.3) is 10.9 Å². The van der Waals surface area contributed by atoms with Crippen LogP contribution in [-0.2, 0) is 4.74 Å². The third-order valence-corrected chi connectivity index (χ3v) is 2.35. The van der Waals surface area contributed by atoms with Crippen LogP contribution in [0.15, 0.2) is 43.1 Å². The molecule has 0 bridgehead atoms. The van der Waals surface area contributed by atoms with E-state index in [1.807, 2.05) is 0 Å². The van der Waals surface area contributed by atoms with Crippen molar-refractivity contribution in [3.05, 3.63) is 48.7 Å². The predicted molar refractivity (Wildman–Crippen MR) is 66.6 cm³/mol. The summed E-state index contributed by atoms with van der Waals surface area (Å²) in [6.45, 7) is 3.68. The molecule has 0 aliphatic heterocycles. The number of hydrogen-bond donors (Lipinski definition) is 1. The molecule has 1 aromatic heterocycles. The number of aromatic nitrogens is 1. The standard InChI is InChI=1S/C13H12N2O2/c1-2-8-17-13(16)10-6-7-15-12-9(10)4-3-5-11(12)14/h2-7H,1,8,14H2. The summed E-state index contributed by atoms with van der Waals surface area (Å²) in [4.78, 5) is 15.9. The molecule has 2 N–H and O–H groups in total. The second kappa shape index (κ2) is 4.65. The van der Waals surface area contributed by atoms with Crippen LogP contribution in [0.3, 0.4) is 0 Å². The van der Waals surface area contributed by atoms with Crippen molar-refractivity contribution in [1.82, 2.24) is 4.98 Å². The zero-order valence-electron chi connectivity index (χ0n) is 9.22. The van der Waals surface area contributed by atoms with E-state index in [0.717, 1.165) is 0 Å². The van der Waals surface area contributed by atoms with Crippen LogP contribution in [0.2, 0.25) is 0 Å². The van der Waals surface area contributed by atoms with Gasteiger partial charge in [0.05, 0.1) is 16.8 Å². The average Bonchev–Trinajstić information content (AvgIpc) is 2.36. The van der Waals surface area contributed by atoms with Crippen molar-refractivity contribution in [2.45, 2.75) is 0 Å². The van der Waals surface area contributed by atoms with Gasteiger partial charge in [-0.15, -0.1) is 0 Å². The minimum Gasteiger partial charge on any atom is -0.458 e. The summed E-state index contributed by atoms with van der Waals surface area (Å²) >= 11 is 0. The molecule has 0 aliphatic carbocycles. The van der Waals surface area contributed by atoms with Crippen LogP contribution >= 0.6 is 0 Å². The van der Waals surface area contributed by atoms with Gasteiger partial charge in [0, 0.05) is 11.6 Å². The number of rotatable bonds is 3. The normalized spacial score (nSPS) is 10.1. The summed E-state index contributed by atoms with van der Waals surface area (Å²) in [5.74, 6) is -0.400. The third kappa shape index (κ3) is 2.10. The molecule has 0 amide bonds. The molecular weight excluding hydrogens is 216 g/mol. The highest BCUT2D eigenvalue weighted by atomic mass is 16.5. The van der Waals surface area contributed by atoms with Gasteiger partial charge in [0.2, 0.25) is 0 Å². The molecule has 1 heterocycles. The Bertz CT molecular complexity index is 579. The SMILES string of the molecule is C=CCOC(=O)c1ccnc2c(N)cccc12. The first-order valence-electron chi connectivity index (χ1n) is 5.15. The van der Waals surface area contributed by atoms with Crippen LogP contribution < -0.4 is 5.73 Å². The van der Waals surface area contributed by atoms with E-state index in [9.17, 15) is 4.79 Å². The van der Waals surface area contributed by atoms with E-state index in [1.54, 1.807) is 30.5 Å². The van der Waals surface area contributed by atoms with Crippen LogP contribution in [0.1, 0.15) is 10.4 Å². The predicted octanol–water partition coefficient (Wildman–Crippen LogP) is 2.16. The second-order valence-corrected chi connectivity index (χ2v) is 3.49. The van der Waals surface area contributed by atoms with Crippen LogP contribution in [0.4, 0.5) is 5.69 Å². The molecular formula is C13H12N2O2. The van der Waals surface area contributed by atoms with Crippen LogP contribution in [0.5, 0.6) is 0 Å². The highest BCUT2D eigenvalue weighted by Crippen LogP contribution is 2.22. The van der Waals surface area contributed by atoms with E-state index in [4.69, 9.17) is 10.5 Å². The van der Waals surface area contributed by atoms with Crippen molar-refractivity contribution in [3.8, 4) is 0 Å². The van der Waals surface area contributed by atoms with Gasteiger partial charge in [0.1, 0.15) is 6.61 Å². The van der Waals surface area contributed by atoms with Gasteiger partial charge in [-0.05, 0) is 12.1 Å². The smallest absolute Gasteiger partial charge is 0.339 e. The van der Waals surface area contributed by atoms with Gasteiger partial charge in [-0.3, -0.25) is 4.98 Å². The summed E-state index contributed by atoms with van der Waals surface area (Å²) in [5.41, 5.74) is 7.41. The van der Waals surface area contributed by atoms with Gasteiger partial charge in [0.15, 0.2) is 0 Å². The van der Waals surface area contributed by atoms with E-state index in [1.165, 1.54) is 6.08 Å². The highest BCUT2D eigenvalue weighted by Gasteiger charge is 2.12. The van der Waals surface area contributed by atoms with E-state index in [2.05, 4.69) is 11.6 Å². The Morgan fingerprint density at radius 2 is 2.29 bits per heavy atom. The maximum absolute atomic E-state index is 11.8.